The van der Waals surface area contributed by atoms with Crippen LogP contribution >= 0.6 is 0 Å². The number of nitrogens with one attached hydrogen (secondary N) is 1. The molecular weight excluding hydrogens is 478 g/mol. The first-order chi connectivity index (χ1) is 17.0. The molecule has 36 heavy (non-hydrogen) atoms. The monoisotopic (exact) mass is 499 g/mol. The third-order valence-electron chi connectivity index (χ3n) is 5.00. The molecule has 3 rings (SSSR count). The number of rotatable bonds is 10. The number of nitro groups is 1. The second kappa shape index (κ2) is 10.4. The zero-order valence-corrected chi connectivity index (χ0v) is 18.8. The van der Waals surface area contributed by atoms with Crippen molar-refractivity contribution in [3.8, 4) is 0 Å². The molecular formula is C20H21N9O7. The topological polar surface area (TPSA) is 254 Å². The third kappa shape index (κ3) is 5.85. The number of nitro benzene ring substituents is 1. The van der Waals surface area contributed by atoms with E-state index in [-0.39, 0.29) is 47.1 Å². The maximum atomic E-state index is 12.5. The average molecular weight is 499 g/mol. The van der Waals surface area contributed by atoms with Crippen LogP contribution in [0.4, 0.5) is 23.1 Å². The zero-order chi connectivity index (χ0) is 26.6. The highest BCUT2D eigenvalue weighted by Gasteiger charge is 2.25. The summed E-state index contributed by atoms with van der Waals surface area (Å²) in [6, 6.07) is 2.13. The van der Waals surface area contributed by atoms with E-state index in [1.54, 1.807) is 7.05 Å². The summed E-state index contributed by atoms with van der Waals surface area (Å²) in [4.78, 5) is 63.4. The number of aromatic nitrogens is 4. The van der Waals surface area contributed by atoms with Crippen LogP contribution in [-0.4, -0.2) is 66.0 Å². The van der Waals surface area contributed by atoms with Gasteiger partial charge in [0.2, 0.25) is 5.95 Å². The normalized spacial score (nSPS) is 11.6. The number of nitrogen functional groups attached to an aromatic ring is 2. The molecule has 0 radical (unpaired) electrons. The van der Waals surface area contributed by atoms with E-state index in [0.717, 1.165) is 6.07 Å². The fourth-order valence-electron chi connectivity index (χ4n) is 3.29. The van der Waals surface area contributed by atoms with Crippen LogP contribution in [0, 0.1) is 10.1 Å². The second-order valence-electron chi connectivity index (χ2n) is 7.61. The smallest absolute Gasteiger partial charge is 0.326 e. The number of carboxylic acids is 2. The summed E-state index contributed by atoms with van der Waals surface area (Å²) in [6.07, 6.45) is 0.569. The molecule has 0 bridgehead atoms. The quantitative estimate of drug-likeness (QED) is 0.184. The number of hydrogen-bond donors (Lipinski definition) is 5. The number of amides is 1. The molecule has 188 valence electrons. The van der Waals surface area contributed by atoms with Gasteiger partial charge in [-0.05, 0) is 18.6 Å². The summed E-state index contributed by atoms with van der Waals surface area (Å²) >= 11 is 0. The van der Waals surface area contributed by atoms with Gasteiger partial charge < -0.3 is 31.9 Å². The van der Waals surface area contributed by atoms with E-state index in [1.807, 2.05) is 0 Å². The van der Waals surface area contributed by atoms with Gasteiger partial charge in [0.05, 0.1) is 23.4 Å². The van der Waals surface area contributed by atoms with Crippen LogP contribution in [0.2, 0.25) is 0 Å². The molecule has 2 heterocycles. The van der Waals surface area contributed by atoms with Crippen molar-refractivity contribution in [3.63, 3.8) is 0 Å². The summed E-state index contributed by atoms with van der Waals surface area (Å²) in [5, 5.41) is 31.9. The van der Waals surface area contributed by atoms with E-state index in [4.69, 9.17) is 16.6 Å². The highest BCUT2D eigenvalue weighted by atomic mass is 16.6. The predicted octanol–water partition coefficient (Wildman–Crippen LogP) is 0.177. The van der Waals surface area contributed by atoms with Gasteiger partial charge in [-0.1, -0.05) is 0 Å². The third-order valence-corrected chi connectivity index (χ3v) is 5.00. The number of fused-ring (bicyclic) bond motifs is 1. The van der Waals surface area contributed by atoms with Gasteiger partial charge in [-0.25, -0.2) is 14.8 Å². The van der Waals surface area contributed by atoms with Gasteiger partial charge in [0.1, 0.15) is 11.7 Å². The number of carbonyl (C=O) groups is 3. The highest BCUT2D eigenvalue weighted by Crippen LogP contribution is 2.29. The number of hydrogen-bond acceptors (Lipinski definition) is 12. The van der Waals surface area contributed by atoms with Crippen molar-refractivity contribution >= 4 is 52.2 Å². The van der Waals surface area contributed by atoms with Crippen LogP contribution in [0.1, 0.15) is 28.9 Å². The van der Waals surface area contributed by atoms with Gasteiger partial charge in [-0.15, -0.1) is 0 Å². The molecule has 0 spiro atoms. The molecule has 0 saturated heterocycles. The Morgan fingerprint density at radius 2 is 1.92 bits per heavy atom. The van der Waals surface area contributed by atoms with Crippen molar-refractivity contribution in [2.75, 3.05) is 23.4 Å². The molecule has 2 aromatic heterocycles. The number of benzene rings is 1. The summed E-state index contributed by atoms with van der Waals surface area (Å²) < 4.78 is 0. The SMILES string of the molecule is CN(Cc1cnc2nc(N)nc(N)c2n1)c1ccc(C(=O)N[C@H](CCC(=O)O)C(=O)O)cc1[N+](=O)[O-]. The van der Waals surface area contributed by atoms with Crippen molar-refractivity contribution < 1.29 is 29.5 Å². The number of nitrogens with zero attached hydrogens (tertiary/aromatic N) is 6. The average Bonchev–Trinajstić information content (AvgIpc) is 2.81. The van der Waals surface area contributed by atoms with E-state index in [0.29, 0.717) is 5.69 Å². The van der Waals surface area contributed by atoms with Crippen LogP contribution in [0.25, 0.3) is 11.2 Å². The number of anilines is 3. The molecule has 0 fully saturated rings. The molecule has 0 unspecified atom stereocenters. The summed E-state index contributed by atoms with van der Waals surface area (Å²) in [6.45, 7) is 0.0649. The lowest BCUT2D eigenvalue weighted by Gasteiger charge is -2.19. The second-order valence-corrected chi connectivity index (χ2v) is 7.61. The van der Waals surface area contributed by atoms with Crippen molar-refractivity contribution in [2.24, 2.45) is 0 Å². The molecule has 0 saturated carbocycles. The maximum absolute atomic E-state index is 12.5. The molecule has 7 N–H and O–H groups in total. The lowest BCUT2D eigenvalue weighted by molar-refractivity contribution is -0.384. The Hall–Kier alpha value is -5.15. The maximum Gasteiger partial charge on any atom is 0.326 e. The molecule has 16 nitrogen and oxygen atoms in total. The molecule has 3 aromatic rings. The first-order valence-electron chi connectivity index (χ1n) is 10.3. The number of aliphatic carboxylic acids is 2. The number of carboxylic acid groups (broad SMARTS) is 2. The first kappa shape index (κ1) is 25.5. The van der Waals surface area contributed by atoms with Crippen molar-refractivity contribution in [3.05, 3.63) is 45.8 Å². The Morgan fingerprint density at radius 3 is 2.56 bits per heavy atom. The summed E-state index contributed by atoms with van der Waals surface area (Å²) in [5.41, 5.74) is 11.7. The molecule has 0 aliphatic heterocycles. The van der Waals surface area contributed by atoms with Gasteiger partial charge in [0.15, 0.2) is 17.0 Å². The van der Waals surface area contributed by atoms with Crippen molar-refractivity contribution in [1.29, 1.82) is 0 Å². The van der Waals surface area contributed by atoms with Crippen LogP contribution in [0.5, 0.6) is 0 Å². The Balaban J connectivity index is 1.83. The van der Waals surface area contributed by atoms with E-state index in [2.05, 4.69) is 25.3 Å². The van der Waals surface area contributed by atoms with Crippen LogP contribution < -0.4 is 21.7 Å². The van der Waals surface area contributed by atoms with Crippen molar-refractivity contribution in [2.45, 2.75) is 25.4 Å². The van der Waals surface area contributed by atoms with Crippen LogP contribution in [-0.2, 0) is 16.1 Å². The van der Waals surface area contributed by atoms with E-state index >= 15 is 0 Å². The van der Waals surface area contributed by atoms with E-state index in [9.17, 15) is 29.6 Å². The first-order valence-corrected chi connectivity index (χ1v) is 10.3. The van der Waals surface area contributed by atoms with E-state index < -0.39 is 40.9 Å². The molecule has 16 heteroatoms. The van der Waals surface area contributed by atoms with Crippen molar-refractivity contribution in [1.82, 2.24) is 25.3 Å². The van der Waals surface area contributed by atoms with Gasteiger partial charge in [-0.3, -0.25) is 19.7 Å². The van der Waals surface area contributed by atoms with Gasteiger partial charge in [-0.2, -0.15) is 9.97 Å². The Morgan fingerprint density at radius 1 is 1.19 bits per heavy atom. The summed E-state index contributed by atoms with van der Waals surface area (Å²) in [7, 11) is 1.56. The highest BCUT2D eigenvalue weighted by molar-refractivity contribution is 5.98. The summed E-state index contributed by atoms with van der Waals surface area (Å²) in [5.74, 6) is -3.59. The molecule has 1 aromatic carbocycles. The van der Waals surface area contributed by atoms with Gasteiger partial charge in [0, 0.05) is 25.1 Å². The molecule has 0 aliphatic carbocycles. The Labute approximate surface area is 202 Å². The zero-order valence-electron chi connectivity index (χ0n) is 18.8. The minimum atomic E-state index is -1.48. The minimum absolute atomic E-state index is 0.0267. The molecule has 0 aliphatic rings. The lowest BCUT2D eigenvalue weighted by Crippen LogP contribution is -2.41. The van der Waals surface area contributed by atoms with Crippen LogP contribution in [0.3, 0.4) is 0 Å². The lowest BCUT2D eigenvalue weighted by atomic mass is 10.1. The standard InChI is InChI=1S/C20H21N9O7/c1-28(8-10-7-23-17-15(24-10)16(21)26-20(22)27-17)12-4-2-9(6-13(12)29(35)36)18(32)25-11(19(33)34)3-5-14(30)31/h2,4,6-7,11H,3,5,8H2,1H3,(H,25,32)(H,30,31)(H,33,34)(H4,21,22,23,26,27)/t11-/m1/s1. The van der Waals surface area contributed by atoms with Gasteiger partial charge >= 0.3 is 11.9 Å². The molecule has 1 amide bonds. The Bertz CT molecular complexity index is 1360. The fourth-order valence-corrected chi connectivity index (χ4v) is 3.29. The number of carbonyl (C=O) groups excluding carboxylic acids is 1. The van der Waals surface area contributed by atoms with Crippen LogP contribution in [0.15, 0.2) is 24.4 Å². The minimum Gasteiger partial charge on any atom is -0.481 e. The van der Waals surface area contributed by atoms with E-state index in [1.165, 1.54) is 23.2 Å². The predicted molar refractivity (Wildman–Crippen MR) is 125 cm³/mol. The largest absolute Gasteiger partial charge is 0.481 e. The number of nitrogens with two attached hydrogens (primary N) is 2. The molecule has 1 atom stereocenters. The fraction of sp³-hybridized carbons (Fsp3) is 0.250. The Kier molecular flexibility index (Phi) is 7.37. The van der Waals surface area contributed by atoms with Gasteiger partial charge in [0.25, 0.3) is 11.6 Å².